The van der Waals surface area contributed by atoms with Crippen LogP contribution in [0.25, 0.3) is 10.9 Å². The van der Waals surface area contributed by atoms with Gasteiger partial charge in [0.25, 0.3) is 5.91 Å². The maximum Gasteiger partial charge on any atom is 0.416 e. The minimum absolute atomic E-state index is 0.0267. The van der Waals surface area contributed by atoms with Crippen molar-refractivity contribution in [3.8, 4) is 0 Å². The van der Waals surface area contributed by atoms with E-state index in [1.54, 1.807) is 13.0 Å². The first-order valence-electron chi connectivity index (χ1n) is 8.13. The number of hydrogen-bond acceptors (Lipinski definition) is 2. The summed E-state index contributed by atoms with van der Waals surface area (Å²) < 4.78 is 38.8. The third-order valence-corrected chi connectivity index (χ3v) is 4.49. The highest BCUT2D eigenvalue weighted by molar-refractivity contribution is 6.34. The van der Waals surface area contributed by atoms with Gasteiger partial charge < -0.3 is 5.32 Å². The highest BCUT2D eigenvalue weighted by Gasteiger charge is 2.31. The summed E-state index contributed by atoms with van der Waals surface area (Å²) >= 11 is 5.98. The molecule has 27 heavy (non-hydrogen) atoms. The van der Waals surface area contributed by atoms with E-state index in [4.69, 9.17) is 11.6 Å². The average molecular weight is 393 g/mol. The minimum atomic E-state index is -4.53. The first-order chi connectivity index (χ1) is 12.6. The monoisotopic (exact) mass is 392 g/mol. The van der Waals surface area contributed by atoms with Crippen LogP contribution in [0.15, 0.2) is 36.4 Å². The molecule has 1 N–H and O–H groups in total. The Labute approximate surface area is 159 Å². The maximum atomic E-state index is 12.9. The number of carbonyl (C=O) groups is 1. The molecule has 1 aromatic heterocycles. The number of benzene rings is 2. The highest BCUT2D eigenvalue weighted by atomic mass is 35.5. The lowest BCUT2D eigenvalue weighted by molar-refractivity contribution is -0.137. The lowest BCUT2D eigenvalue weighted by atomic mass is 10.0. The molecule has 2 aromatic carbocycles. The first-order valence-corrected chi connectivity index (χ1v) is 8.51. The Balaban J connectivity index is 2.08. The summed E-state index contributed by atoms with van der Waals surface area (Å²) in [6.07, 6.45) is -4.53. The molecule has 3 rings (SSSR count). The van der Waals surface area contributed by atoms with Gasteiger partial charge >= 0.3 is 6.18 Å². The SMILES string of the molecule is Cc1cc(C)c2nc(C)cc(C(=O)Nc3cc(C(F)(F)F)ccc3Cl)c2c1. The van der Waals surface area contributed by atoms with E-state index in [2.05, 4.69) is 10.3 Å². The summed E-state index contributed by atoms with van der Waals surface area (Å²) in [4.78, 5) is 17.3. The van der Waals surface area contributed by atoms with E-state index < -0.39 is 17.6 Å². The fourth-order valence-electron chi connectivity index (χ4n) is 2.98. The van der Waals surface area contributed by atoms with Gasteiger partial charge in [-0.05, 0) is 56.7 Å². The van der Waals surface area contributed by atoms with Crippen LogP contribution in [0, 0.1) is 20.8 Å². The quantitative estimate of drug-likeness (QED) is 0.573. The van der Waals surface area contributed by atoms with Crippen LogP contribution >= 0.6 is 11.6 Å². The summed E-state index contributed by atoms with van der Waals surface area (Å²) in [7, 11) is 0. The number of halogens is 4. The van der Waals surface area contributed by atoms with Crippen LogP contribution in [-0.2, 0) is 6.18 Å². The number of hydrogen-bond donors (Lipinski definition) is 1. The van der Waals surface area contributed by atoms with E-state index >= 15 is 0 Å². The Morgan fingerprint density at radius 1 is 1.07 bits per heavy atom. The van der Waals surface area contributed by atoms with Crippen LogP contribution in [0.5, 0.6) is 0 Å². The second-order valence-electron chi connectivity index (χ2n) is 6.44. The lowest BCUT2D eigenvalue weighted by Gasteiger charge is -2.14. The molecule has 0 fully saturated rings. The van der Waals surface area contributed by atoms with E-state index in [0.717, 1.165) is 29.3 Å². The van der Waals surface area contributed by atoms with Crippen LogP contribution < -0.4 is 5.32 Å². The van der Waals surface area contributed by atoms with E-state index in [1.807, 2.05) is 26.0 Å². The van der Waals surface area contributed by atoms with Crippen molar-refractivity contribution in [2.75, 3.05) is 5.32 Å². The van der Waals surface area contributed by atoms with Gasteiger partial charge in [0.15, 0.2) is 0 Å². The largest absolute Gasteiger partial charge is 0.416 e. The number of pyridine rings is 1. The Hall–Kier alpha value is -2.60. The Morgan fingerprint density at radius 3 is 2.44 bits per heavy atom. The summed E-state index contributed by atoms with van der Waals surface area (Å²) in [5.74, 6) is -0.545. The van der Waals surface area contributed by atoms with Gasteiger partial charge in [0, 0.05) is 11.1 Å². The molecule has 0 radical (unpaired) electrons. The first kappa shape index (κ1) is 19.2. The molecule has 0 spiro atoms. The van der Waals surface area contributed by atoms with Crippen molar-refractivity contribution in [3.63, 3.8) is 0 Å². The topological polar surface area (TPSA) is 42.0 Å². The van der Waals surface area contributed by atoms with Crippen LogP contribution in [-0.4, -0.2) is 10.9 Å². The van der Waals surface area contributed by atoms with Crippen molar-refractivity contribution >= 4 is 34.1 Å². The molecule has 0 saturated carbocycles. The van der Waals surface area contributed by atoms with Crippen LogP contribution in [0.4, 0.5) is 18.9 Å². The lowest BCUT2D eigenvalue weighted by Crippen LogP contribution is -2.15. The second kappa shape index (κ2) is 6.85. The zero-order valence-electron chi connectivity index (χ0n) is 14.8. The van der Waals surface area contributed by atoms with Gasteiger partial charge in [-0.3, -0.25) is 9.78 Å². The number of rotatable bonds is 2. The van der Waals surface area contributed by atoms with Gasteiger partial charge in [-0.25, -0.2) is 0 Å². The van der Waals surface area contributed by atoms with E-state index in [-0.39, 0.29) is 10.7 Å². The third-order valence-electron chi connectivity index (χ3n) is 4.16. The van der Waals surface area contributed by atoms with Gasteiger partial charge in [-0.1, -0.05) is 23.2 Å². The molecule has 0 aliphatic heterocycles. The number of nitrogens with one attached hydrogen (secondary N) is 1. The molecule has 0 bridgehead atoms. The van der Waals surface area contributed by atoms with Crippen molar-refractivity contribution in [1.82, 2.24) is 4.98 Å². The van der Waals surface area contributed by atoms with Crippen molar-refractivity contribution in [2.45, 2.75) is 26.9 Å². The molecule has 0 aliphatic carbocycles. The molecule has 0 unspecified atom stereocenters. The third kappa shape index (κ3) is 3.90. The van der Waals surface area contributed by atoms with Gasteiger partial charge in [-0.2, -0.15) is 13.2 Å². The number of amides is 1. The molecule has 1 heterocycles. The zero-order chi connectivity index (χ0) is 19.9. The number of aromatic nitrogens is 1. The number of fused-ring (bicyclic) bond motifs is 1. The fraction of sp³-hybridized carbons (Fsp3) is 0.200. The maximum absolute atomic E-state index is 12.9. The number of aryl methyl sites for hydroxylation is 3. The highest BCUT2D eigenvalue weighted by Crippen LogP contribution is 2.34. The van der Waals surface area contributed by atoms with E-state index in [0.29, 0.717) is 22.2 Å². The van der Waals surface area contributed by atoms with Crippen molar-refractivity contribution in [2.24, 2.45) is 0 Å². The molecule has 3 aromatic rings. The predicted octanol–water partition coefficient (Wildman–Crippen LogP) is 6.08. The molecular weight excluding hydrogens is 377 g/mol. The van der Waals surface area contributed by atoms with Gasteiger partial charge in [0.2, 0.25) is 0 Å². The molecule has 0 saturated heterocycles. The zero-order valence-corrected chi connectivity index (χ0v) is 15.6. The van der Waals surface area contributed by atoms with E-state index in [9.17, 15) is 18.0 Å². The predicted molar refractivity (Wildman–Crippen MR) is 100 cm³/mol. The van der Waals surface area contributed by atoms with Crippen molar-refractivity contribution in [3.05, 3.63) is 69.4 Å². The number of nitrogens with zero attached hydrogens (tertiary/aromatic N) is 1. The molecule has 7 heteroatoms. The molecule has 1 amide bonds. The van der Waals surface area contributed by atoms with Crippen LogP contribution in [0.1, 0.15) is 32.7 Å². The van der Waals surface area contributed by atoms with Crippen molar-refractivity contribution < 1.29 is 18.0 Å². The van der Waals surface area contributed by atoms with Crippen LogP contribution in [0.2, 0.25) is 5.02 Å². The van der Waals surface area contributed by atoms with Gasteiger partial charge in [0.1, 0.15) is 0 Å². The fourth-order valence-corrected chi connectivity index (χ4v) is 3.15. The Bertz CT molecular complexity index is 1060. The molecule has 3 nitrogen and oxygen atoms in total. The number of alkyl halides is 3. The van der Waals surface area contributed by atoms with Crippen LogP contribution in [0.3, 0.4) is 0 Å². The summed E-state index contributed by atoms with van der Waals surface area (Å²) in [5, 5.41) is 3.16. The van der Waals surface area contributed by atoms with Crippen molar-refractivity contribution in [1.29, 1.82) is 0 Å². The average Bonchev–Trinajstić information content (AvgIpc) is 2.56. The van der Waals surface area contributed by atoms with E-state index in [1.165, 1.54) is 0 Å². The normalized spacial score (nSPS) is 11.7. The summed E-state index contributed by atoms with van der Waals surface area (Å²) in [6, 6.07) is 8.21. The molecule has 0 aliphatic rings. The Kier molecular flexibility index (Phi) is 4.86. The standard InChI is InChI=1S/C20H16ClF3N2O/c1-10-6-11(2)18-14(7-10)15(8-12(3)25-18)19(27)26-17-9-13(20(22,23)24)4-5-16(17)21/h4-9H,1-3H3,(H,26,27). The molecule has 140 valence electrons. The summed E-state index contributed by atoms with van der Waals surface area (Å²) in [6.45, 7) is 5.55. The van der Waals surface area contributed by atoms with Gasteiger partial charge in [-0.15, -0.1) is 0 Å². The molecular formula is C20H16ClF3N2O. The molecule has 0 atom stereocenters. The second-order valence-corrected chi connectivity index (χ2v) is 6.84. The number of anilines is 1. The number of carbonyl (C=O) groups excluding carboxylic acids is 1. The summed E-state index contributed by atoms with van der Waals surface area (Å²) in [5.41, 5.74) is 2.54. The minimum Gasteiger partial charge on any atom is -0.321 e. The smallest absolute Gasteiger partial charge is 0.321 e. The Morgan fingerprint density at radius 2 is 1.78 bits per heavy atom. The van der Waals surface area contributed by atoms with Gasteiger partial charge in [0.05, 0.1) is 27.4 Å².